The van der Waals surface area contributed by atoms with Crippen LogP contribution in [0.3, 0.4) is 0 Å². The first kappa shape index (κ1) is 14.0. The number of allylic oxidation sites excluding steroid dienone is 1. The fraction of sp³-hybridized carbons (Fsp3) is 0.467. The predicted octanol–water partition coefficient (Wildman–Crippen LogP) is 4.18. The molecule has 0 saturated carbocycles. The van der Waals surface area contributed by atoms with Crippen LogP contribution in [0.1, 0.15) is 43.7 Å². The van der Waals surface area contributed by atoms with Crippen molar-refractivity contribution in [3.05, 3.63) is 41.5 Å². The van der Waals surface area contributed by atoms with E-state index in [4.69, 9.17) is 5.73 Å². The zero-order valence-electron chi connectivity index (χ0n) is 10.8. The van der Waals surface area contributed by atoms with Gasteiger partial charge >= 0.3 is 6.61 Å². The molecule has 0 amide bonds. The van der Waals surface area contributed by atoms with Gasteiger partial charge in [0.1, 0.15) is 5.75 Å². The van der Waals surface area contributed by atoms with E-state index in [1.165, 1.54) is 12.8 Å². The molecule has 2 nitrogen and oxygen atoms in total. The van der Waals surface area contributed by atoms with E-state index >= 15 is 0 Å². The quantitative estimate of drug-likeness (QED) is 0.831. The van der Waals surface area contributed by atoms with E-state index in [1.54, 1.807) is 24.3 Å². The van der Waals surface area contributed by atoms with Crippen LogP contribution in [0.2, 0.25) is 0 Å². The first-order chi connectivity index (χ1) is 9.18. The molecule has 0 saturated heterocycles. The lowest BCUT2D eigenvalue weighted by Crippen LogP contribution is -2.16. The van der Waals surface area contributed by atoms with Crippen molar-refractivity contribution in [2.45, 2.75) is 44.8 Å². The van der Waals surface area contributed by atoms with E-state index in [9.17, 15) is 8.78 Å². The molecule has 0 heterocycles. The fourth-order valence-corrected chi connectivity index (χ4v) is 2.46. The van der Waals surface area contributed by atoms with Crippen LogP contribution in [0.5, 0.6) is 5.75 Å². The number of hydrogen-bond acceptors (Lipinski definition) is 2. The first-order valence-corrected chi connectivity index (χ1v) is 6.66. The average molecular weight is 267 g/mol. The van der Waals surface area contributed by atoms with Crippen LogP contribution in [0.4, 0.5) is 8.78 Å². The molecular weight excluding hydrogens is 248 g/mol. The highest BCUT2D eigenvalue weighted by Crippen LogP contribution is 2.33. The van der Waals surface area contributed by atoms with Gasteiger partial charge in [0, 0.05) is 5.56 Å². The van der Waals surface area contributed by atoms with Gasteiger partial charge in [-0.3, -0.25) is 0 Å². The lowest BCUT2D eigenvalue weighted by atomic mass is 9.95. The van der Waals surface area contributed by atoms with Crippen LogP contribution >= 0.6 is 0 Å². The van der Waals surface area contributed by atoms with E-state index in [-0.39, 0.29) is 11.8 Å². The average Bonchev–Trinajstić information content (AvgIpc) is 2.67. The topological polar surface area (TPSA) is 35.2 Å². The van der Waals surface area contributed by atoms with E-state index in [0.717, 1.165) is 24.8 Å². The van der Waals surface area contributed by atoms with Gasteiger partial charge in [0.2, 0.25) is 0 Å². The summed E-state index contributed by atoms with van der Waals surface area (Å²) in [4.78, 5) is 0. The second-order valence-electron chi connectivity index (χ2n) is 4.77. The Balaban J connectivity index is 2.22. The summed E-state index contributed by atoms with van der Waals surface area (Å²) in [5, 5.41) is 0. The summed E-state index contributed by atoms with van der Waals surface area (Å²) in [5.41, 5.74) is 7.99. The van der Waals surface area contributed by atoms with Crippen LogP contribution in [-0.4, -0.2) is 6.61 Å². The molecule has 4 heteroatoms. The van der Waals surface area contributed by atoms with Crippen molar-refractivity contribution < 1.29 is 13.5 Å². The summed E-state index contributed by atoms with van der Waals surface area (Å²) in [6.45, 7) is -2.82. The minimum Gasteiger partial charge on any atom is -0.434 e. The van der Waals surface area contributed by atoms with E-state index in [0.29, 0.717) is 5.56 Å². The van der Waals surface area contributed by atoms with Gasteiger partial charge in [-0.1, -0.05) is 36.3 Å². The number of ether oxygens (including phenoxy) is 1. The molecule has 0 aromatic heterocycles. The summed E-state index contributed by atoms with van der Waals surface area (Å²) in [6.07, 6.45) is 7.58. The summed E-state index contributed by atoms with van der Waals surface area (Å²) in [6, 6.07) is 6.42. The minimum atomic E-state index is -2.82. The van der Waals surface area contributed by atoms with Crippen LogP contribution in [-0.2, 0) is 0 Å². The molecule has 0 fully saturated rings. The number of hydrogen-bond donors (Lipinski definition) is 1. The molecule has 1 aromatic rings. The van der Waals surface area contributed by atoms with Crippen LogP contribution in [0, 0.1) is 0 Å². The summed E-state index contributed by atoms with van der Waals surface area (Å²) in [5.74, 6) is 0.176. The Labute approximate surface area is 112 Å². The van der Waals surface area contributed by atoms with Crippen molar-refractivity contribution in [2.24, 2.45) is 5.73 Å². The Morgan fingerprint density at radius 2 is 1.89 bits per heavy atom. The maximum Gasteiger partial charge on any atom is 0.387 e. The molecule has 1 atom stereocenters. The van der Waals surface area contributed by atoms with E-state index < -0.39 is 6.61 Å². The molecule has 1 aliphatic carbocycles. The maximum atomic E-state index is 12.4. The number of rotatable bonds is 4. The number of nitrogens with two attached hydrogens (primary N) is 1. The third-order valence-electron chi connectivity index (χ3n) is 3.45. The zero-order valence-corrected chi connectivity index (χ0v) is 10.8. The third-order valence-corrected chi connectivity index (χ3v) is 3.45. The monoisotopic (exact) mass is 267 g/mol. The van der Waals surface area contributed by atoms with Crippen molar-refractivity contribution in [2.75, 3.05) is 0 Å². The first-order valence-electron chi connectivity index (χ1n) is 6.66. The summed E-state index contributed by atoms with van der Waals surface area (Å²) in [7, 11) is 0. The van der Waals surface area contributed by atoms with Gasteiger partial charge in [-0.05, 0) is 31.7 Å². The van der Waals surface area contributed by atoms with Gasteiger partial charge in [0.25, 0.3) is 0 Å². The third kappa shape index (κ3) is 3.77. The molecule has 0 bridgehead atoms. The zero-order chi connectivity index (χ0) is 13.7. The highest BCUT2D eigenvalue weighted by Gasteiger charge is 2.18. The molecule has 1 unspecified atom stereocenters. The Morgan fingerprint density at radius 1 is 1.11 bits per heavy atom. The number of alkyl halides is 2. The molecule has 0 radical (unpaired) electrons. The second kappa shape index (κ2) is 6.66. The Bertz CT molecular complexity index is 446. The molecular formula is C15H19F2NO. The number of halogens is 2. The molecule has 2 N–H and O–H groups in total. The largest absolute Gasteiger partial charge is 0.434 e. The lowest BCUT2D eigenvalue weighted by Gasteiger charge is -2.19. The van der Waals surface area contributed by atoms with Crippen molar-refractivity contribution in [1.82, 2.24) is 0 Å². The van der Waals surface area contributed by atoms with Crippen LogP contribution < -0.4 is 10.5 Å². The Morgan fingerprint density at radius 3 is 2.68 bits per heavy atom. The van der Waals surface area contributed by atoms with Gasteiger partial charge in [0.15, 0.2) is 0 Å². The van der Waals surface area contributed by atoms with Crippen molar-refractivity contribution in [1.29, 1.82) is 0 Å². The molecule has 19 heavy (non-hydrogen) atoms. The highest BCUT2D eigenvalue weighted by atomic mass is 19.3. The van der Waals surface area contributed by atoms with Crippen LogP contribution in [0.15, 0.2) is 35.9 Å². The SMILES string of the molecule is NC(C1=CCCCCC1)c1ccccc1OC(F)F. The Kier molecular flexibility index (Phi) is 4.91. The number of para-hydroxylation sites is 1. The van der Waals surface area contributed by atoms with Gasteiger partial charge in [-0.15, -0.1) is 0 Å². The van der Waals surface area contributed by atoms with Crippen LogP contribution in [0.25, 0.3) is 0 Å². The molecule has 1 aliphatic rings. The summed E-state index contributed by atoms with van der Waals surface area (Å²) < 4.78 is 29.3. The van der Waals surface area contributed by atoms with Gasteiger partial charge in [-0.25, -0.2) is 0 Å². The predicted molar refractivity (Wildman–Crippen MR) is 71.2 cm³/mol. The second-order valence-corrected chi connectivity index (χ2v) is 4.77. The van der Waals surface area contributed by atoms with Gasteiger partial charge in [-0.2, -0.15) is 8.78 Å². The fourth-order valence-electron chi connectivity index (χ4n) is 2.46. The van der Waals surface area contributed by atoms with Crippen molar-refractivity contribution in [3.63, 3.8) is 0 Å². The minimum absolute atomic E-state index is 0.176. The normalized spacial score (nSPS) is 17.8. The van der Waals surface area contributed by atoms with Gasteiger partial charge in [0.05, 0.1) is 6.04 Å². The van der Waals surface area contributed by atoms with E-state index in [1.807, 2.05) is 0 Å². The highest BCUT2D eigenvalue weighted by molar-refractivity contribution is 5.40. The molecule has 0 aliphatic heterocycles. The van der Waals surface area contributed by atoms with E-state index in [2.05, 4.69) is 10.8 Å². The molecule has 104 valence electrons. The molecule has 2 rings (SSSR count). The maximum absolute atomic E-state index is 12.4. The number of benzene rings is 1. The van der Waals surface area contributed by atoms with Crippen molar-refractivity contribution in [3.8, 4) is 5.75 Å². The molecule has 0 spiro atoms. The van der Waals surface area contributed by atoms with Gasteiger partial charge < -0.3 is 10.5 Å². The Hall–Kier alpha value is -1.42. The smallest absolute Gasteiger partial charge is 0.387 e. The standard InChI is InChI=1S/C15H19F2NO/c16-15(17)19-13-10-6-5-9-12(13)14(18)11-7-3-1-2-4-8-11/h5-7,9-10,14-15H,1-4,8,18H2. The summed E-state index contributed by atoms with van der Waals surface area (Å²) >= 11 is 0. The van der Waals surface area contributed by atoms with Crippen molar-refractivity contribution >= 4 is 0 Å². The lowest BCUT2D eigenvalue weighted by molar-refractivity contribution is -0.0505. The molecule has 1 aromatic carbocycles.